The lowest BCUT2D eigenvalue weighted by atomic mass is 10.1. The van der Waals surface area contributed by atoms with Gasteiger partial charge in [0, 0.05) is 13.2 Å². The average Bonchev–Trinajstić information content (AvgIpc) is 2.30. The van der Waals surface area contributed by atoms with Crippen molar-refractivity contribution in [3.63, 3.8) is 0 Å². The van der Waals surface area contributed by atoms with Gasteiger partial charge in [-0.2, -0.15) is 0 Å². The van der Waals surface area contributed by atoms with Gasteiger partial charge in [0.25, 0.3) is 0 Å². The van der Waals surface area contributed by atoms with E-state index in [1.807, 2.05) is 0 Å². The Hall–Kier alpha value is -1.10. The first kappa shape index (κ1) is 13.0. The Balaban J connectivity index is 2.08. The largest absolute Gasteiger partial charge is 0.469 e. The maximum Gasteiger partial charge on any atom is 0.307 e. The summed E-state index contributed by atoms with van der Waals surface area (Å²) in [6.45, 7) is 1.08. The van der Waals surface area contributed by atoms with Crippen molar-refractivity contribution in [1.82, 2.24) is 5.32 Å². The third-order valence-electron chi connectivity index (χ3n) is 2.57. The molecule has 1 heterocycles. The van der Waals surface area contributed by atoms with Crippen molar-refractivity contribution in [3.05, 3.63) is 0 Å². The van der Waals surface area contributed by atoms with Gasteiger partial charge in [-0.25, -0.2) is 0 Å². The van der Waals surface area contributed by atoms with Crippen molar-refractivity contribution >= 4 is 11.9 Å². The second-order valence-corrected chi connectivity index (χ2v) is 3.87. The summed E-state index contributed by atoms with van der Waals surface area (Å²) in [7, 11) is 1.33. The number of rotatable bonds is 5. The number of carbonyl (C=O) groups excluding carboxylic acids is 2. The van der Waals surface area contributed by atoms with E-state index in [1.165, 1.54) is 7.11 Å². The summed E-state index contributed by atoms with van der Waals surface area (Å²) >= 11 is 0. The first-order chi connectivity index (χ1) is 7.72. The fourth-order valence-electron chi connectivity index (χ4n) is 1.65. The molecule has 0 radical (unpaired) electrons. The lowest BCUT2D eigenvalue weighted by Gasteiger charge is -2.21. The normalized spacial score (nSPS) is 20.2. The quantitative estimate of drug-likeness (QED) is 0.702. The summed E-state index contributed by atoms with van der Waals surface area (Å²) in [4.78, 5) is 22.2. The Bertz CT molecular complexity index is 236. The number of methoxy groups -OCH3 is 1. The third-order valence-corrected chi connectivity index (χ3v) is 2.57. The third kappa shape index (κ3) is 5.11. The first-order valence-corrected chi connectivity index (χ1v) is 5.67. The summed E-state index contributed by atoms with van der Waals surface area (Å²) < 4.78 is 9.91. The minimum absolute atomic E-state index is 0.0480. The monoisotopic (exact) mass is 229 g/mol. The van der Waals surface area contributed by atoms with E-state index in [4.69, 9.17) is 4.74 Å². The highest BCUT2D eigenvalue weighted by Crippen LogP contribution is 2.15. The molecule has 5 heteroatoms. The van der Waals surface area contributed by atoms with Gasteiger partial charge in [0.2, 0.25) is 5.91 Å². The molecule has 1 N–H and O–H groups in total. The molecule has 1 amide bonds. The SMILES string of the molecule is COC(=O)CCNC(=O)CC1CCCCO1. The summed E-state index contributed by atoms with van der Waals surface area (Å²) in [5.41, 5.74) is 0. The average molecular weight is 229 g/mol. The lowest BCUT2D eigenvalue weighted by Crippen LogP contribution is -2.31. The second kappa shape index (κ2) is 7.22. The van der Waals surface area contributed by atoms with Crippen LogP contribution in [0.1, 0.15) is 32.1 Å². The number of carbonyl (C=O) groups is 2. The van der Waals surface area contributed by atoms with Gasteiger partial charge in [0.15, 0.2) is 0 Å². The van der Waals surface area contributed by atoms with E-state index < -0.39 is 0 Å². The van der Waals surface area contributed by atoms with Crippen LogP contribution in [-0.4, -0.2) is 38.2 Å². The highest BCUT2D eigenvalue weighted by Gasteiger charge is 2.17. The standard InChI is InChI=1S/C11H19NO4/c1-15-11(14)5-6-12-10(13)8-9-4-2-3-7-16-9/h9H,2-8H2,1H3,(H,12,13). The Morgan fingerprint density at radius 2 is 2.25 bits per heavy atom. The van der Waals surface area contributed by atoms with Crippen LogP contribution >= 0.6 is 0 Å². The molecule has 0 bridgehead atoms. The Kier molecular flexibility index (Phi) is 5.85. The fourth-order valence-corrected chi connectivity index (χ4v) is 1.65. The van der Waals surface area contributed by atoms with E-state index in [2.05, 4.69) is 10.1 Å². The molecule has 92 valence electrons. The maximum atomic E-state index is 11.4. The number of hydrogen-bond acceptors (Lipinski definition) is 4. The van der Waals surface area contributed by atoms with E-state index in [0.29, 0.717) is 13.0 Å². The molecule has 0 aromatic carbocycles. The molecule has 1 aliphatic heterocycles. The van der Waals surface area contributed by atoms with Crippen molar-refractivity contribution in [2.75, 3.05) is 20.3 Å². The number of nitrogens with one attached hydrogen (secondary N) is 1. The summed E-state index contributed by atoms with van der Waals surface area (Å²) in [5.74, 6) is -0.370. The molecule has 0 aliphatic carbocycles. The molecule has 0 spiro atoms. The molecule has 1 atom stereocenters. The van der Waals surface area contributed by atoms with Crippen LogP contribution in [0.5, 0.6) is 0 Å². The minimum Gasteiger partial charge on any atom is -0.469 e. The van der Waals surface area contributed by atoms with Crippen LogP contribution in [0.3, 0.4) is 0 Å². The Morgan fingerprint density at radius 3 is 2.88 bits per heavy atom. The van der Waals surface area contributed by atoms with Gasteiger partial charge in [-0.05, 0) is 19.3 Å². The van der Waals surface area contributed by atoms with E-state index in [1.54, 1.807) is 0 Å². The molecule has 0 saturated carbocycles. The molecule has 0 aromatic heterocycles. The molecule has 0 aromatic rings. The smallest absolute Gasteiger partial charge is 0.307 e. The zero-order valence-electron chi connectivity index (χ0n) is 9.66. The van der Waals surface area contributed by atoms with Gasteiger partial charge in [0.1, 0.15) is 0 Å². The van der Waals surface area contributed by atoms with Crippen LogP contribution in [0, 0.1) is 0 Å². The van der Waals surface area contributed by atoms with Gasteiger partial charge in [0.05, 0.1) is 26.1 Å². The van der Waals surface area contributed by atoms with Crippen LogP contribution in [0.4, 0.5) is 0 Å². The lowest BCUT2D eigenvalue weighted by molar-refractivity contribution is -0.140. The van der Waals surface area contributed by atoms with Crippen LogP contribution in [0.25, 0.3) is 0 Å². The summed E-state index contributed by atoms with van der Waals surface area (Å²) in [6.07, 6.45) is 3.81. The predicted octanol–water partition coefficient (Wildman–Crippen LogP) is 0.625. The van der Waals surface area contributed by atoms with Gasteiger partial charge in [-0.3, -0.25) is 9.59 Å². The van der Waals surface area contributed by atoms with E-state index in [-0.39, 0.29) is 24.4 Å². The van der Waals surface area contributed by atoms with Crippen molar-refractivity contribution < 1.29 is 19.1 Å². The number of hydrogen-bond donors (Lipinski definition) is 1. The van der Waals surface area contributed by atoms with Crippen LogP contribution in [0.2, 0.25) is 0 Å². The van der Waals surface area contributed by atoms with Crippen molar-refractivity contribution in [2.24, 2.45) is 0 Å². The van der Waals surface area contributed by atoms with Gasteiger partial charge in [-0.1, -0.05) is 0 Å². The van der Waals surface area contributed by atoms with E-state index in [0.717, 1.165) is 25.9 Å². The molecular formula is C11H19NO4. The highest BCUT2D eigenvalue weighted by molar-refractivity contribution is 5.77. The molecule has 1 unspecified atom stereocenters. The fraction of sp³-hybridized carbons (Fsp3) is 0.818. The number of ether oxygens (including phenoxy) is 2. The second-order valence-electron chi connectivity index (χ2n) is 3.87. The molecule has 1 aliphatic rings. The summed E-state index contributed by atoms with van der Waals surface area (Å²) in [5, 5.41) is 2.68. The molecule has 5 nitrogen and oxygen atoms in total. The van der Waals surface area contributed by atoms with Crippen molar-refractivity contribution in [1.29, 1.82) is 0 Å². The van der Waals surface area contributed by atoms with Gasteiger partial charge < -0.3 is 14.8 Å². The minimum atomic E-state index is -0.311. The van der Waals surface area contributed by atoms with Crippen LogP contribution in [0.15, 0.2) is 0 Å². The molecule has 1 rings (SSSR count). The van der Waals surface area contributed by atoms with Crippen LogP contribution < -0.4 is 5.32 Å². The Labute approximate surface area is 95.5 Å². The summed E-state index contributed by atoms with van der Waals surface area (Å²) in [6, 6.07) is 0. The van der Waals surface area contributed by atoms with Gasteiger partial charge in [-0.15, -0.1) is 0 Å². The van der Waals surface area contributed by atoms with E-state index in [9.17, 15) is 9.59 Å². The number of esters is 1. The molecule has 1 saturated heterocycles. The van der Waals surface area contributed by atoms with Crippen molar-refractivity contribution in [2.45, 2.75) is 38.2 Å². The highest BCUT2D eigenvalue weighted by atomic mass is 16.5. The molecule has 1 fully saturated rings. The van der Waals surface area contributed by atoms with Crippen molar-refractivity contribution in [3.8, 4) is 0 Å². The zero-order valence-corrected chi connectivity index (χ0v) is 9.66. The Morgan fingerprint density at radius 1 is 1.44 bits per heavy atom. The first-order valence-electron chi connectivity index (χ1n) is 5.67. The van der Waals surface area contributed by atoms with Gasteiger partial charge >= 0.3 is 5.97 Å². The number of amides is 1. The zero-order chi connectivity index (χ0) is 11.8. The topological polar surface area (TPSA) is 64.6 Å². The van der Waals surface area contributed by atoms with Crippen LogP contribution in [-0.2, 0) is 19.1 Å². The maximum absolute atomic E-state index is 11.4. The predicted molar refractivity (Wildman–Crippen MR) is 57.9 cm³/mol. The molecular weight excluding hydrogens is 210 g/mol. The van der Waals surface area contributed by atoms with E-state index >= 15 is 0 Å². The molecule has 16 heavy (non-hydrogen) atoms.